The molecule has 17 heavy (non-hydrogen) atoms. The molecule has 1 aromatic heterocycles. The van der Waals surface area contributed by atoms with Crippen molar-refractivity contribution in [3.8, 4) is 0 Å². The third-order valence-electron chi connectivity index (χ3n) is 2.20. The molecule has 0 atom stereocenters. The molecule has 0 aliphatic heterocycles. The van der Waals surface area contributed by atoms with Crippen LogP contribution in [-0.4, -0.2) is 30.5 Å². The van der Waals surface area contributed by atoms with Crippen LogP contribution in [0, 0.1) is 0 Å². The van der Waals surface area contributed by atoms with E-state index in [1.165, 1.54) is 0 Å². The normalized spacial score (nSPS) is 10.4. The quantitative estimate of drug-likeness (QED) is 0.638. The van der Waals surface area contributed by atoms with E-state index >= 15 is 0 Å². The molecule has 0 radical (unpaired) electrons. The van der Waals surface area contributed by atoms with Crippen LogP contribution in [0.2, 0.25) is 0 Å². The van der Waals surface area contributed by atoms with Crippen molar-refractivity contribution in [2.75, 3.05) is 25.6 Å². The fourth-order valence-electron chi connectivity index (χ4n) is 1.39. The lowest BCUT2D eigenvalue weighted by molar-refractivity contribution is 0.204. The second-order valence-corrected chi connectivity index (χ2v) is 3.81. The summed E-state index contributed by atoms with van der Waals surface area (Å²) in [7, 11) is 1.64. The largest absolute Gasteiger partial charge is 0.383 e. The van der Waals surface area contributed by atoms with E-state index in [2.05, 4.69) is 15.8 Å². The van der Waals surface area contributed by atoms with Crippen molar-refractivity contribution in [1.29, 1.82) is 0 Å². The maximum Gasteiger partial charge on any atom is 0.183 e. The van der Waals surface area contributed by atoms with Gasteiger partial charge in [-0.05, 0) is 24.4 Å². The molecule has 0 fully saturated rings. The lowest BCUT2D eigenvalue weighted by atomic mass is 10.2. The number of methoxy groups -OCH3 is 1. The Labute approximate surface area is 104 Å². The van der Waals surface area contributed by atoms with Crippen molar-refractivity contribution in [1.82, 2.24) is 10.5 Å². The fourth-order valence-corrected chi connectivity index (χ4v) is 1.59. The van der Waals surface area contributed by atoms with Crippen LogP contribution in [0.25, 0.3) is 11.0 Å². The van der Waals surface area contributed by atoms with Crippen LogP contribution in [0.5, 0.6) is 0 Å². The molecule has 2 aromatic rings. The Hall–Kier alpha value is -1.66. The minimum Gasteiger partial charge on any atom is -0.383 e. The van der Waals surface area contributed by atoms with Gasteiger partial charge in [-0.25, -0.2) is 0 Å². The number of anilines is 1. The molecular formula is C11H13N3O2S. The van der Waals surface area contributed by atoms with Crippen molar-refractivity contribution in [2.45, 2.75) is 0 Å². The van der Waals surface area contributed by atoms with E-state index in [1.807, 2.05) is 24.3 Å². The second kappa shape index (κ2) is 5.60. The SMILES string of the molecule is COCCNC(=S)Nc1noc2ccccc12. The minimum atomic E-state index is 0.501. The van der Waals surface area contributed by atoms with Gasteiger partial charge in [-0.3, -0.25) is 0 Å². The van der Waals surface area contributed by atoms with Crippen LogP contribution in [-0.2, 0) is 4.74 Å². The van der Waals surface area contributed by atoms with E-state index in [0.29, 0.717) is 24.1 Å². The molecule has 0 spiro atoms. The maximum atomic E-state index is 5.15. The number of nitrogens with one attached hydrogen (secondary N) is 2. The van der Waals surface area contributed by atoms with E-state index in [1.54, 1.807) is 7.11 Å². The number of aromatic nitrogens is 1. The van der Waals surface area contributed by atoms with Gasteiger partial charge in [0.25, 0.3) is 0 Å². The van der Waals surface area contributed by atoms with Crippen molar-refractivity contribution in [2.24, 2.45) is 0 Å². The van der Waals surface area contributed by atoms with E-state index in [-0.39, 0.29) is 0 Å². The van der Waals surface area contributed by atoms with Crippen molar-refractivity contribution in [3.63, 3.8) is 0 Å². The molecule has 0 saturated heterocycles. The Morgan fingerprint density at radius 1 is 1.47 bits per heavy atom. The Bertz CT molecular complexity index is 512. The first kappa shape index (κ1) is 11.8. The van der Waals surface area contributed by atoms with Crippen molar-refractivity contribution >= 4 is 34.1 Å². The Kier molecular flexibility index (Phi) is 3.89. The number of ether oxygens (including phenoxy) is 1. The summed E-state index contributed by atoms with van der Waals surface area (Å²) in [5.74, 6) is 0.621. The highest BCUT2D eigenvalue weighted by Crippen LogP contribution is 2.21. The van der Waals surface area contributed by atoms with Gasteiger partial charge in [-0.2, -0.15) is 0 Å². The van der Waals surface area contributed by atoms with Gasteiger partial charge in [0.15, 0.2) is 16.5 Å². The maximum absolute atomic E-state index is 5.15. The summed E-state index contributed by atoms with van der Waals surface area (Å²) >= 11 is 5.12. The monoisotopic (exact) mass is 251 g/mol. The molecule has 90 valence electrons. The summed E-state index contributed by atoms with van der Waals surface area (Å²) in [6.07, 6.45) is 0. The lowest BCUT2D eigenvalue weighted by Crippen LogP contribution is -2.31. The number of fused-ring (bicyclic) bond motifs is 1. The average molecular weight is 251 g/mol. The summed E-state index contributed by atoms with van der Waals surface area (Å²) in [5, 5.41) is 11.3. The number of para-hydroxylation sites is 1. The molecule has 0 aliphatic carbocycles. The zero-order chi connectivity index (χ0) is 12.1. The van der Waals surface area contributed by atoms with Crippen LogP contribution in [0.3, 0.4) is 0 Å². The lowest BCUT2D eigenvalue weighted by Gasteiger charge is -2.07. The highest BCUT2D eigenvalue weighted by molar-refractivity contribution is 7.80. The number of hydrogen-bond donors (Lipinski definition) is 2. The van der Waals surface area contributed by atoms with Gasteiger partial charge in [-0.1, -0.05) is 17.3 Å². The standard InChI is InChI=1S/C11H13N3O2S/c1-15-7-6-12-11(17)13-10-8-4-2-3-5-9(8)16-14-10/h2-5H,6-7H2,1H3,(H2,12,13,14,17). The molecule has 0 unspecified atom stereocenters. The van der Waals surface area contributed by atoms with Crippen LogP contribution >= 0.6 is 12.2 Å². The molecule has 6 heteroatoms. The summed E-state index contributed by atoms with van der Waals surface area (Å²) in [5.41, 5.74) is 0.731. The number of benzene rings is 1. The summed E-state index contributed by atoms with van der Waals surface area (Å²) in [4.78, 5) is 0. The van der Waals surface area contributed by atoms with Crippen LogP contribution in [0.1, 0.15) is 0 Å². The van der Waals surface area contributed by atoms with Crippen LogP contribution in [0.15, 0.2) is 28.8 Å². The molecule has 2 N–H and O–H groups in total. The Morgan fingerprint density at radius 2 is 2.29 bits per heavy atom. The number of rotatable bonds is 4. The number of nitrogens with zero attached hydrogens (tertiary/aromatic N) is 1. The van der Waals surface area contributed by atoms with Crippen molar-refractivity contribution in [3.05, 3.63) is 24.3 Å². The Balaban J connectivity index is 2.01. The highest BCUT2D eigenvalue weighted by Gasteiger charge is 2.07. The third-order valence-corrected chi connectivity index (χ3v) is 2.45. The Morgan fingerprint density at radius 3 is 3.12 bits per heavy atom. The third kappa shape index (κ3) is 2.92. The number of hydrogen-bond acceptors (Lipinski definition) is 4. The molecule has 5 nitrogen and oxygen atoms in total. The molecule has 1 aromatic carbocycles. The van der Waals surface area contributed by atoms with E-state index in [0.717, 1.165) is 11.0 Å². The first-order valence-electron chi connectivity index (χ1n) is 5.19. The first-order chi connectivity index (χ1) is 8.31. The zero-order valence-corrected chi connectivity index (χ0v) is 10.2. The molecule has 1 heterocycles. The van der Waals surface area contributed by atoms with Gasteiger partial charge in [0.1, 0.15) is 0 Å². The molecule has 0 aliphatic rings. The minimum absolute atomic E-state index is 0.501. The first-order valence-corrected chi connectivity index (χ1v) is 5.60. The molecule has 0 saturated carbocycles. The predicted octanol–water partition coefficient (Wildman–Crippen LogP) is 1.76. The zero-order valence-electron chi connectivity index (χ0n) is 9.40. The topological polar surface area (TPSA) is 59.3 Å². The van der Waals surface area contributed by atoms with Gasteiger partial charge >= 0.3 is 0 Å². The summed E-state index contributed by atoms with van der Waals surface area (Å²) < 4.78 is 10.1. The molecule has 0 bridgehead atoms. The summed E-state index contributed by atoms with van der Waals surface area (Å²) in [6, 6.07) is 7.60. The van der Waals surface area contributed by atoms with E-state index < -0.39 is 0 Å². The van der Waals surface area contributed by atoms with Gasteiger partial charge in [0, 0.05) is 13.7 Å². The van der Waals surface area contributed by atoms with E-state index in [9.17, 15) is 0 Å². The van der Waals surface area contributed by atoms with Gasteiger partial charge in [-0.15, -0.1) is 0 Å². The summed E-state index contributed by atoms with van der Waals surface area (Å²) in [6.45, 7) is 1.25. The average Bonchev–Trinajstić information content (AvgIpc) is 2.73. The van der Waals surface area contributed by atoms with Gasteiger partial charge < -0.3 is 19.9 Å². The fraction of sp³-hybridized carbons (Fsp3) is 0.273. The molecule has 2 rings (SSSR count). The van der Waals surface area contributed by atoms with E-state index in [4.69, 9.17) is 21.5 Å². The van der Waals surface area contributed by atoms with Crippen molar-refractivity contribution < 1.29 is 9.26 Å². The number of thiocarbonyl (C=S) groups is 1. The predicted molar refractivity (Wildman–Crippen MR) is 70.1 cm³/mol. The van der Waals surface area contributed by atoms with Crippen LogP contribution in [0.4, 0.5) is 5.82 Å². The highest BCUT2D eigenvalue weighted by atomic mass is 32.1. The smallest absolute Gasteiger partial charge is 0.183 e. The van der Waals surface area contributed by atoms with Gasteiger partial charge in [0.2, 0.25) is 0 Å². The molecule has 0 amide bonds. The second-order valence-electron chi connectivity index (χ2n) is 3.40. The van der Waals surface area contributed by atoms with Crippen LogP contribution < -0.4 is 10.6 Å². The van der Waals surface area contributed by atoms with Gasteiger partial charge in [0.05, 0.1) is 12.0 Å². The molecular weight excluding hydrogens is 238 g/mol.